The first-order chi connectivity index (χ1) is 8.27. The molecule has 2 aromatic rings. The lowest BCUT2D eigenvalue weighted by Crippen LogP contribution is -2.23. The largest absolute Gasteiger partial charge is 0.375 e. The highest BCUT2D eigenvalue weighted by atomic mass is 32.1. The number of nitrogens with one attached hydrogen (secondary N) is 2. The predicted molar refractivity (Wildman–Crippen MR) is 75.7 cm³/mol. The monoisotopic (exact) mass is 244 g/mol. The standard InChI is InChI=1S/C12H12N4S/c13-12(17)16-15-7-3-4-9-8-14-11-6-2-1-5-10(9)11/h1-8,14H,(H3,13,16,17)/b4-3-,15-7?. The molecule has 0 unspecified atom stereocenters. The maximum absolute atomic E-state index is 5.22. The van der Waals surface area contributed by atoms with E-state index in [9.17, 15) is 0 Å². The summed E-state index contributed by atoms with van der Waals surface area (Å²) in [4.78, 5) is 3.20. The zero-order chi connectivity index (χ0) is 12.1. The van der Waals surface area contributed by atoms with Gasteiger partial charge in [0.25, 0.3) is 0 Å². The molecule has 4 N–H and O–H groups in total. The topological polar surface area (TPSA) is 66.2 Å². The first kappa shape index (κ1) is 11.3. The van der Waals surface area contributed by atoms with Gasteiger partial charge in [0, 0.05) is 23.3 Å². The molecule has 0 saturated carbocycles. The highest BCUT2D eigenvalue weighted by Gasteiger charge is 1.97. The highest BCUT2D eigenvalue weighted by molar-refractivity contribution is 7.80. The summed E-state index contributed by atoms with van der Waals surface area (Å²) in [5.41, 5.74) is 9.93. The average molecular weight is 244 g/mol. The van der Waals surface area contributed by atoms with E-state index in [-0.39, 0.29) is 5.11 Å². The van der Waals surface area contributed by atoms with Crippen LogP contribution in [0.5, 0.6) is 0 Å². The van der Waals surface area contributed by atoms with Gasteiger partial charge in [0.15, 0.2) is 5.11 Å². The lowest BCUT2D eigenvalue weighted by atomic mass is 10.2. The van der Waals surface area contributed by atoms with Gasteiger partial charge < -0.3 is 10.7 Å². The van der Waals surface area contributed by atoms with Crippen LogP contribution in [0.2, 0.25) is 0 Å². The molecule has 0 aliphatic carbocycles. The minimum absolute atomic E-state index is 0.154. The van der Waals surface area contributed by atoms with E-state index in [0.717, 1.165) is 11.1 Å². The van der Waals surface area contributed by atoms with Crippen molar-refractivity contribution in [1.29, 1.82) is 0 Å². The van der Waals surface area contributed by atoms with Crippen LogP contribution in [-0.2, 0) is 0 Å². The quantitative estimate of drug-likeness (QED) is 0.439. The summed E-state index contributed by atoms with van der Waals surface area (Å²) < 4.78 is 0. The third-order valence-corrected chi connectivity index (χ3v) is 2.32. The van der Waals surface area contributed by atoms with E-state index < -0.39 is 0 Å². The lowest BCUT2D eigenvalue weighted by Gasteiger charge is -1.91. The van der Waals surface area contributed by atoms with E-state index in [4.69, 9.17) is 5.73 Å². The van der Waals surface area contributed by atoms with Crippen LogP contribution in [0.3, 0.4) is 0 Å². The first-order valence-corrected chi connectivity index (χ1v) is 5.49. The van der Waals surface area contributed by atoms with Gasteiger partial charge >= 0.3 is 0 Å². The third-order valence-electron chi connectivity index (χ3n) is 2.23. The van der Waals surface area contributed by atoms with Gasteiger partial charge in [-0.05, 0) is 29.9 Å². The Labute approximate surface area is 104 Å². The molecule has 2 rings (SSSR count). The summed E-state index contributed by atoms with van der Waals surface area (Å²) in [6.07, 6.45) is 7.33. The number of allylic oxidation sites excluding steroid dienone is 1. The zero-order valence-corrected chi connectivity index (χ0v) is 9.87. The number of H-pyrrole nitrogens is 1. The van der Waals surface area contributed by atoms with Crippen molar-refractivity contribution in [1.82, 2.24) is 10.4 Å². The smallest absolute Gasteiger partial charge is 0.184 e. The molecule has 86 valence electrons. The molecular weight excluding hydrogens is 232 g/mol. The van der Waals surface area contributed by atoms with Crippen molar-refractivity contribution < 1.29 is 0 Å². The summed E-state index contributed by atoms with van der Waals surface area (Å²) >= 11 is 4.61. The Kier molecular flexibility index (Phi) is 3.52. The van der Waals surface area contributed by atoms with Crippen molar-refractivity contribution in [2.45, 2.75) is 0 Å². The van der Waals surface area contributed by atoms with Crippen molar-refractivity contribution in [3.8, 4) is 0 Å². The number of nitrogens with zero attached hydrogens (tertiary/aromatic N) is 1. The molecule has 0 amide bonds. The number of aromatic nitrogens is 1. The van der Waals surface area contributed by atoms with Gasteiger partial charge in [-0.3, -0.25) is 5.43 Å². The SMILES string of the molecule is NC(=S)NN=C/C=C\c1c[nH]c2ccccc12. The summed E-state index contributed by atoms with van der Waals surface area (Å²) in [6.45, 7) is 0. The van der Waals surface area contributed by atoms with Crippen LogP contribution >= 0.6 is 12.2 Å². The van der Waals surface area contributed by atoms with Gasteiger partial charge in [0.05, 0.1) is 0 Å². The van der Waals surface area contributed by atoms with Crippen molar-refractivity contribution in [2.24, 2.45) is 10.8 Å². The van der Waals surface area contributed by atoms with Gasteiger partial charge in [0.2, 0.25) is 0 Å². The molecule has 1 aromatic heterocycles. The van der Waals surface area contributed by atoms with Crippen LogP contribution in [0.4, 0.5) is 0 Å². The third kappa shape index (κ3) is 2.92. The number of thiocarbonyl (C=S) groups is 1. The van der Waals surface area contributed by atoms with E-state index in [1.165, 1.54) is 5.39 Å². The van der Waals surface area contributed by atoms with E-state index in [2.05, 4.69) is 33.8 Å². The Balaban J connectivity index is 2.11. The number of hydrogen-bond donors (Lipinski definition) is 3. The Bertz CT molecular complexity index is 583. The molecule has 0 spiro atoms. The van der Waals surface area contributed by atoms with Crippen LogP contribution in [0.15, 0.2) is 41.6 Å². The van der Waals surface area contributed by atoms with Crippen LogP contribution in [-0.4, -0.2) is 16.3 Å². The normalized spacial score (nSPS) is 11.5. The molecular formula is C12H12N4S. The van der Waals surface area contributed by atoms with Crippen LogP contribution in [0, 0.1) is 0 Å². The van der Waals surface area contributed by atoms with Crippen LogP contribution in [0.25, 0.3) is 17.0 Å². The Morgan fingerprint density at radius 2 is 2.24 bits per heavy atom. The molecule has 1 aromatic carbocycles. The van der Waals surface area contributed by atoms with Crippen molar-refractivity contribution in [3.05, 3.63) is 42.1 Å². The van der Waals surface area contributed by atoms with Crippen molar-refractivity contribution >= 4 is 40.5 Å². The minimum Gasteiger partial charge on any atom is -0.375 e. The van der Waals surface area contributed by atoms with Crippen molar-refractivity contribution in [2.75, 3.05) is 0 Å². The number of hydrazone groups is 1. The van der Waals surface area contributed by atoms with E-state index in [1.807, 2.05) is 36.5 Å². The highest BCUT2D eigenvalue weighted by Crippen LogP contribution is 2.18. The summed E-state index contributed by atoms with van der Waals surface area (Å²) in [6, 6.07) is 8.11. The summed E-state index contributed by atoms with van der Waals surface area (Å²) in [5, 5.41) is 5.15. The number of nitrogens with two attached hydrogens (primary N) is 1. The second-order valence-electron chi connectivity index (χ2n) is 3.40. The summed E-state index contributed by atoms with van der Waals surface area (Å²) in [7, 11) is 0. The number of hydrogen-bond acceptors (Lipinski definition) is 2. The predicted octanol–water partition coefficient (Wildman–Crippen LogP) is 2.00. The number of rotatable bonds is 3. The molecule has 0 fully saturated rings. The van der Waals surface area contributed by atoms with Crippen molar-refractivity contribution in [3.63, 3.8) is 0 Å². The van der Waals surface area contributed by atoms with Gasteiger partial charge in [-0.15, -0.1) is 0 Å². The van der Waals surface area contributed by atoms with Gasteiger partial charge in [-0.1, -0.05) is 24.3 Å². The molecule has 17 heavy (non-hydrogen) atoms. The molecule has 0 radical (unpaired) electrons. The average Bonchev–Trinajstić information content (AvgIpc) is 2.72. The Hall–Kier alpha value is -2.14. The fourth-order valence-corrected chi connectivity index (χ4v) is 1.58. The second-order valence-corrected chi connectivity index (χ2v) is 3.84. The van der Waals surface area contributed by atoms with E-state index in [0.29, 0.717) is 0 Å². The fourth-order valence-electron chi connectivity index (χ4n) is 1.52. The molecule has 0 saturated heterocycles. The zero-order valence-electron chi connectivity index (χ0n) is 9.05. The van der Waals surface area contributed by atoms with Crippen LogP contribution in [0.1, 0.15) is 5.56 Å². The number of benzene rings is 1. The lowest BCUT2D eigenvalue weighted by molar-refractivity contribution is 1.04. The van der Waals surface area contributed by atoms with Gasteiger partial charge in [-0.2, -0.15) is 5.10 Å². The maximum Gasteiger partial charge on any atom is 0.184 e. The maximum atomic E-state index is 5.22. The number of para-hydroxylation sites is 1. The molecule has 0 aliphatic heterocycles. The molecule has 0 bridgehead atoms. The molecule has 4 nitrogen and oxygen atoms in total. The second kappa shape index (κ2) is 5.27. The molecule has 5 heteroatoms. The molecule has 0 atom stereocenters. The first-order valence-electron chi connectivity index (χ1n) is 5.08. The number of fused-ring (bicyclic) bond motifs is 1. The Morgan fingerprint density at radius 3 is 3.06 bits per heavy atom. The van der Waals surface area contributed by atoms with E-state index in [1.54, 1.807) is 6.21 Å². The fraction of sp³-hybridized carbons (Fsp3) is 0. The molecule has 0 aliphatic rings. The van der Waals surface area contributed by atoms with Crippen LogP contribution < -0.4 is 11.2 Å². The minimum atomic E-state index is 0.154. The van der Waals surface area contributed by atoms with E-state index >= 15 is 0 Å². The Morgan fingerprint density at radius 1 is 1.41 bits per heavy atom. The molecule has 1 heterocycles. The van der Waals surface area contributed by atoms with Gasteiger partial charge in [-0.25, -0.2) is 0 Å². The summed E-state index contributed by atoms with van der Waals surface area (Å²) in [5.74, 6) is 0. The number of aromatic amines is 1. The van der Waals surface area contributed by atoms with Gasteiger partial charge in [0.1, 0.15) is 0 Å².